The van der Waals surface area contributed by atoms with Gasteiger partial charge in [-0.15, -0.1) is 0 Å². The molecule has 0 saturated carbocycles. The van der Waals surface area contributed by atoms with Gasteiger partial charge in [0.15, 0.2) is 0 Å². The van der Waals surface area contributed by atoms with E-state index in [0.29, 0.717) is 22.9 Å². The molecule has 2 aromatic carbocycles. The Morgan fingerprint density at radius 1 is 1.26 bits per heavy atom. The molecule has 0 bridgehead atoms. The van der Waals surface area contributed by atoms with E-state index in [0.717, 1.165) is 5.56 Å². The molecule has 7 heteroatoms. The molecule has 0 aliphatic rings. The second kappa shape index (κ2) is 8.19. The minimum Gasteiger partial charge on any atom is -0.273 e. The van der Waals surface area contributed by atoms with E-state index in [1.54, 1.807) is 12.1 Å². The number of nitro groups is 1. The van der Waals surface area contributed by atoms with Crippen LogP contribution in [0, 0.1) is 10.1 Å². The van der Waals surface area contributed by atoms with Crippen molar-refractivity contribution in [3.8, 4) is 0 Å². The molecule has 0 atom stereocenters. The van der Waals surface area contributed by atoms with Gasteiger partial charge in [0.25, 0.3) is 5.69 Å². The Morgan fingerprint density at radius 2 is 2.00 bits per heavy atom. The molecule has 0 unspecified atom stereocenters. The van der Waals surface area contributed by atoms with Crippen LogP contribution in [0.1, 0.15) is 17.5 Å². The maximum absolute atomic E-state index is 11.7. The van der Waals surface area contributed by atoms with Gasteiger partial charge >= 0.3 is 0 Å². The first kappa shape index (κ1) is 16.8. The van der Waals surface area contributed by atoms with Crippen LogP contribution >= 0.6 is 15.9 Å². The van der Waals surface area contributed by atoms with Gasteiger partial charge in [0, 0.05) is 18.1 Å². The summed E-state index contributed by atoms with van der Waals surface area (Å²) >= 11 is 3.11. The molecular formula is C16H14BrN3O3. The van der Waals surface area contributed by atoms with Crippen LogP contribution < -0.4 is 5.43 Å². The molecular weight excluding hydrogens is 362 g/mol. The summed E-state index contributed by atoms with van der Waals surface area (Å²) in [6.45, 7) is 0. The fraction of sp³-hybridized carbons (Fsp3) is 0.125. The van der Waals surface area contributed by atoms with Gasteiger partial charge in [-0.2, -0.15) is 5.10 Å². The fourth-order valence-corrected chi connectivity index (χ4v) is 2.28. The van der Waals surface area contributed by atoms with E-state index in [2.05, 4.69) is 26.5 Å². The molecule has 0 aliphatic heterocycles. The SMILES string of the molecule is O=C(CCc1ccccc1)NN=Cc1ccc(Br)c([N+](=O)[O-])c1. The Hall–Kier alpha value is -2.54. The molecule has 0 radical (unpaired) electrons. The number of carbonyl (C=O) groups is 1. The monoisotopic (exact) mass is 375 g/mol. The van der Waals surface area contributed by atoms with Crippen molar-refractivity contribution in [3.05, 3.63) is 74.2 Å². The molecule has 1 N–H and O–H groups in total. The number of nitrogens with one attached hydrogen (secondary N) is 1. The number of hydrogen-bond donors (Lipinski definition) is 1. The number of amides is 1. The Morgan fingerprint density at radius 3 is 2.70 bits per heavy atom. The van der Waals surface area contributed by atoms with Crippen molar-refractivity contribution in [1.82, 2.24) is 5.43 Å². The topological polar surface area (TPSA) is 84.6 Å². The van der Waals surface area contributed by atoms with Gasteiger partial charge in [0.05, 0.1) is 15.6 Å². The van der Waals surface area contributed by atoms with Crippen molar-refractivity contribution in [1.29, 1.82) is 0 Å². The van der Waals surface area contributed by atoms with E-state index < -0.39 is 4.92 Å². The molecule has 0 aromatic heterocycles. The van der Waals surface area contributed by atoms with Crippen LogP contribution in [0.15, 0.2) is 58.1 Å². The van der Waals surface area contributed by atoms with Crippen LogP contribution in [0.4, 0.5) is 5.69 Å². The molecule has 23 heavy (non-hydrogen) atoms. The number of nitro benzene ring substituents is 1. The zero-order chi connectivity index (χ0) is 16.7. The third-order valence-electron chi connectivity index (χ3n) is 3.05. The molecule has 1 amide bonds. The van der Waals surface area contributed by atoms with Crippen LogP contribution in [0.3, 0.4) is 0 Å². The van der Waals surface area contributed by atoms with E-state index in [1.165, 1.54) is 12.3 Å². The molecule has 2 aromatic rings. The van der Waals surface area contributed by atoms with Gasteiger partial charge in [-0.25, -0.2) is 5.43 Å². The number of nitrogens with zero attached hydrogens (tertiary/aromatic N) is 2. The maximum Gasteiger partial charge on any atom is 0.284 e. The molecule has 6 nitrogen and oxygen atoms in total. The molecule has 2 rings (SSSR count). The average molecular weight is 376 g/mol. The number of hydrazone groups is 1. The quantitative estimate of drug-likeness (QED) is 0.476. The first-order chi connectivity index (χ1) is 11.1. The van der Waals surface area contributed by atoms with Gasteiger partial charge < -0.3 is 0 Å². The summed E-state index contributed by atoms with van der Waals surface area (Å²) in [6.07, 6.45) is 2.33. The summed E-state index contributed by atoms with van der Waals surface area (Å²) in [4.78, 5) is 22.0. The summed E-state index contributed by atoms with van der Waals surface area (Å²) in [5, 5.41) is 14.7. The third-order valence-corrected chi connectivity index (χ3v) is 3.72. The molecule has 0 fully saturated rings. The lowest BCUT2D eigenvalue weighted by Crippen LogP contribution is -2.17. The van der Waals surface area contributed by atoms with Crippen molar-refractivity contribution in [2.75, 3.05) is 0 Å². The normalized spacial score (nSPS) is 10.7. The fourth-order valence-electron chi connectivity index (χ4n) is 1.89. The average Bonchev–Trinajstić information content (AvgIpc) is 2.55. The Bertz CT molecular complexity index is 733. The van der Waals surface area contributed by atoms with Crippen LogP contribution in [0.25, 0.3) is 0 Å². The lowest BCUT2D eigenvalue weighted by Gasteiger charge is -2.01. The van der Waals surface area contributed by atoms with E-state index in [-0.39, 0.29) is 11.6 Å². The van der Waals surface area contributed by atoms with Crippen LogP contribution in [0.5, 0.6) is 0 Å². The standard InChI is InChI=1S/C16H14BrN3O3/c17-14-8-6-13(10-15(14)20(22)23)11-18-19-16(21)9-7-12-4-2-1-3-5-12/h1-6,8,10-11H,7,9H2,(H,19,21). The highest BCUT2D eigenvalue weighted by Crippen LogP contribution is 2.24. The molecule has 0 saturated heterocycles. The van der Waals surface area contributed by atoms with Gasteiger partial charge in [-0.05, 0) is 34.0 Å². The van der Waals surface area contributed by atoms with Crippen molar-refractivity contribution in [3.63, 3.8) is 0 Å². The number of halogens is 1. The summed E-state index contributed by atoms with van der Waals surface area (Å²) < 4.78 is 0.395. The van der Waals surface area contributed by atoms with Crippen LogP contribution in [0.2, 0.25) is 0 Å². The minimum absolute atomic E-state index is 0.0515. The number of benzene rings is 2. The van der Waals surface area contributed by atoms with Crippen molar-refractivity contribution in [2.24, 2.45) is 5.10 Å². The van der Waals surface area contributed by atoms with Crippen molar-refractivity contribution >= 4 is 33.7 Å². The molecule has 0 spiro atoms. The second-order valence-corrected chi connectivity index (χ2v) is 5.60. The Kier molecular flexibility index (Phi) is 5.99. The lowest BCUT2D eigenvalue weighted by molar-refractivity contribution is -0.385. The maximum atomic E-state index is 11.7. The van der Waals surface area contributed by atoms with Crippen molar-refractivity contribution < 1.29 is 9.72 Å². The summed E-state index contributed by atoms with van der Waals surface area (Å²) in [7, 11) is 0. The van der Waals surface area contributed by atoms with Gasteiger partial charge in [-0.3, -0.25) is 14.9 Å². The third kappa shape index (κ3) is 5.30. The Balaban J connectivity index is 1.87. The van der Waals surface area contributed by atoms with E-state index >= 15 is 0 Å². The highest BCUT2D eigenvalue weighted by Gasteiger charge is 2.11. The summed E-state index contributed by atoms with van der Waals surface area (Å²) in [5.74, 6) is -0.211. The molecule has 0 aliphatic carbocycles. The predicted octanol–water partition coefficient (Wildman–Crippen LogP) is 3.44. The van der Waals surface area contributed by atoms with Crippen LogP contribution in [-0.4, -0.2) is 17.0 Å². The Labute approximate surface area is 141 Å². The minimum atomic E-state index is -0.486. The largest absolute Gasteiger partial charge is 0.284 e. The predicted molar refractivity (Wildman–Crippen MR) is 91.3 cm³/mol. The van der Waals surface area contributed by atoms with E-state index in [4.69, 9.17) is 0 Å². The van der Waals surface area contributed by atoms with Gasteiger partial charge in [0.1, 0.15) is 0 Å². The number of aryl methyl sites for hydroxylation is 1. The summed E-state index contributed by atoms with van der Waals surface area (Å²) in [5.41, 5.74) is 3.97. The summed E-state index contributed by atoms with van der Waals surface area (Å²) in [6, 6.07) is 14.3. The first-order valence-electron chi connectivity index (χ1n) is 6.86. The highest BCUT2D eigenvalue weighted by atomic mass is 79.9. The van der Waals surface area contributed by atoms with Gasteiger partial charge in [-0.1, -0.05) is 36.4 Å². The smallest absolute Gasteiger partial charge is 0.273 e. The lowest BCUT2D eigenvalue weighted by atomic mass is 10.1. The van der Waals surface area contributed by atoms with E-state index in [1.807, 2.05) is 30.3 Å². The second-order valence-electron chi connectivity index (χ2n) is 4.75. The van der Waals surface area contributed by atoms with E-state index in [9.17, 15) is 14.9 Å². The number of carbonyl (C=O) groups excluding carboxylic acids is 1. The zero-order valence-corrected chi connectivity index (χ0v) is 13.7. The zero-order valence-electron chi connectivity index (χ0n) is 12.1. The number of rotatable bonds is 6. The molecule has 118 valence electrons. The molecule has 0 heterocycles. The number of hydrogen-bond acceptors (Lipinski definition) is 4. The highest BCUT2D eigenvalue weighted by molar-refractivity contribution is 9.10. The van der Waals surface area contributed by atoms with Gasteiger partial charge in [0.2, 0.25) is 5.91 Å². The first-order valence-corrected chi connectivity index (χ1v) is 7.65. The van der Waals surface area contributed by atoms with Crippen LogP contribution in [-0.2, 0) is 11.2 Å². The van der Waals surface area contributed by atoms with Crippen molar-refractivity contribution in [2.45, 2.75) is 12.8 Å².